The average Bonchev–Trinajstić information content (AvgIpc) is 3.11. The molecule has 3 amide bonds. The van der Waals surface area contributed by atoms with Crippen LogP contribution in [0.5, 0.6) is 0 Å². The molecule has 1 atom stereocenters. The molecule has 0 bridgehead atoms. The van der Waals surface area contributed by atoms with Crippen molar-refractivity contribution < 1.29 is 18.8 Å². The highest BCUT2D eigenvalue weighted by Gasteiger charge is 2.40. The van der Waals surface area contributed by atoms with Crippen molar-refractivity contribution in [3.8, 4) is 0 Å². The Balaban J connectivity index is 1.27. The number of carbonyl (C=O) groups excluding carboxylic acids is 3. The van der Waals surface area contributed by atoms with Crippen LogP contribution in [0.25, 0.3) is 0 Å². The number of nitrogens with one attached hydrogen (secondary N) is 1. The lowest BCUT2D eigenvalue weighted by Crippen LogP contribution is -2.52. The maximum Gasteiger partial charge on any atom is 0.255 e. The molecule has 2 saturated heterocycles. The number of rotatable bonds is 4. The molecule has 8 heteroatoms. The number of fused-ring (bicyclic) bond motifs is 1. The van der Waals surface area contributed by atoms with Gasteiger partial charge in [-0.15, -0.1) is 0 Å². The van der Waals surface area contributed by atoms with E-state index in [4.69, 9.17) is 0 Å². The van der Waals surface area contributed by atoms with Gasteiger partial charge in [0.1, 0.15) is 11.9 Å². The molecule has 4 heterocycles. The van der Waals surface area contributed by atoms with Crippen LogP contribution in [-0.4, -0.2) is 51.6 Å². The maximum atomic E-state index is 15.1. The van der Waals surface area contributed by atoms with Crippen molar-refractivity contribution >= 4 is 17.7 Å². The minimum Gasteiger partial charge on any atom is -0.322 e. The third-order valence-electron chi connectivity index (χ3n) is 7.16. The zero-order valence-electron chi connectivity index (χ0n) is 18.6. The van der Waals surface area contributed by atoms with Crippen molar-refractivity contribution in [2.75, 3.05) is 13.1 Å². The molecule has 3 aliphatic heterocycles. The fraction of sp³-hybridized carbons (Fsp3) is 0.440. The van der Waals surface area contributed by atoms with Gasteiger partial charge in [-0.05, 0) is 74.0 Å². The average molecular weight is 451 g/mol. The third-order valence-corrected chi connectivity index (χ3v) is 7.16. The van der Waals surface area contributed by atoms with Crippen molar-refractivity contribution in [3.63, 3.8) is 0 Å². The number of nitrogens with zero attached hydrogens (tertiary/aromatic N) is 3. The van der Waals surface area contributed by atoms with E-state index in [2.05, 4.69) is 28.2 Å². The number of benzene rings is 1. The third kappa shape index (κ3) is 4.15. The Morgan fingerprint density at radius 1 is 1.15 bits per heavy atom. The van der Waals surface area contributed by atoms with Crippen LogP contribution >= 0.6 is 0 Å². The van der Waals surface area contributed by atoms with Crippen LogP contribution in [0.2, 0.25) is 0 Å². The summed E-state index contributed by atoms with van der Waals surface area (Å²) in [5.74, 6) is -1.38. The van der Waals surface area contributed by atoms with E-state index in [9.17, 15) is 14.4 Å². The predicted molar refractivity (Wildman–Crippen MR) is 119 cm³/mol. The molecule has 1 aromatic carbocycles. The first kappa shape index (κ1) is 21.7. The second-order valence-corrected chi connectivity index (χ2v) is 9.25. The number of aromatic nitrogens is 1. The molecule has 1 aromatic heterocycles. The van der Waals surface area contributed by atoms with Crippen LogP contribution in [0, 0.1) is 12.7 Å². The first-order chi connectivity index (χ1) is 15.9. The van der Waals surface area contributed by atoms with E-state index in [1.54, 1.807) is 0 Å². The second kappa shape index (κ2) is 8.67. The van der Waals surface area contributed by atoms with Gasteiger partial charge < -0.3 is 4.90 Å². The first-order valence-corrected chi connectivity index (χ1v) is 11.5. The zero-order chi connectivity index (χ0) is 23.1. The Hall–Kier alpha value is -3.13. The fourth-order valence-corrected chi connectivity index (χ4v) is 5.22. The van der Waals surface area contributed by atoms with E-state index in [-0.39, 0.29) is 36.5 Å². The van der Waals surface area contributed by atoms with Crippen molar-refractivity contribution in [2.45, 2.75) is 57.7 Å². The molecule has 172 valence electrons. The highest BCUT2D eigenvalue weighted by molar-refractivity contribution is 6.05. The summed E-state index contributed by atoms with van der Waals surface area (Å²) in [5.41, 5.74) is 3.98. The van der Waals surface area contributed by atoms with Gasteiger partial charge in [0.25, 0.3) is 5.91 Å². The molecule has 0 saturated carbocycles. The molecular formula is C25H27FN4O3. The number of aryl methyl sites for hydroxylation is 1. The van der Waals surface area contributed by atoms with Gasteiger partial charge in [0.15, 0.2) is 0 Å². The molecule has 0 spiro atoms. The van der Waals surface area contributed by atoms with Gasteiger partial charge in [-0.2, -0.15) is 0 Å². The summed E-state index contributed by atoms with van der Waals surface area (Å²) in [5, 5.41) is 2.30. The predicted octanol–water partition coefficient (Wildman–Crippen LogP) is 2.67. The number of amides is 3. The lowest BCUT2D eigenvalue weighted by atomic mass is 9.87. The molecule has 2 fully saturated rings. The Bertz CT molecular complexity index is 1130. The molecule has 33 heavy (non-hydrogen) atoms. The Labute approximate surface area is 192 Å². The van der Waals surface area contributed by atoms with Gasteiger partial charge in [-0.25, -0.2) is 4.39 Å². The van der Waals surface area contributed by atoms with Gasteiger partial charge >= 0.3 is 0 Å². The number of pyridine rings is 1. The molecule has 1 unspecified atom stereocenters. The van der Waals surface area contributed by atoms with Gasteiger partial charge in [0.05, 0.1) is 5.69 Å². The number of imide groups is 1. The van der Waals surface area contributed by atoms with E-state index in [0.717, 1.165) is 43.7 Å². The van der Waals surface area contributed by atoms with Crippen LogP contribution in [0.15, 0.2) is 30.5 Å². The van der Waals surface area contributed by atoms with E-state index >= 15 is 4.39 Å². The standard InChI is InChI=1S/C25H27FN4O3/c1-15-3-2-8-27-21(15)14-29-9-6-16(7-10-29)18-11-17-13-30(25(33)19(17)12-20(18)26)22-4-5-23(31)28-24(22)32/h2-3,8,11-12,16,22H,4-7,9-10,13-14H2,1H3,(H,28,31,32). The quantitative estimate of drug-likeness (QED) is 0.725. The monoisotopic (exact) mass is 450 g/mol. The summed E-state index contributed by atoms with van der Waals surface area (Å²) in [6.45, 7) is 4.85. The van der Waals surface area contributed by atoms with Crippen LogP contribution < -0.4 is 5.32 Å². The van der Waals surface area contributed by atoms with Crippen LogP contribution in [0.1, 0.15) is 64.3 Å². The SMILES string of the molecule is Cc1cccnc1CN1CCC(c2cc3c(cc2F)C(=O)N(C2CCC(=O)NC2=O)C3)CC1. The number of carbonyl (C=O) groups is 3. The van der Waals surface area contributed by atoms with E-state index in [0.29, 0.717) is 17.5 Å². The normalized spacial score (nSPS) is 21.9. The van der Waals surface area contributed by atoms with Crippen molar-refractivity contribution in [3.05, 3.63) is 64.2 Å². The van der Waals surface area contributed by atoms with Crippen molar-refractivity contribution in [1.29, 1.82) is 0 Å². The Kier molecular flexibility index (Phi) is 5.70. The largest absolute Gasteiger partial charge is 0.322 e. The zero-order valence-corrected chi connectivity index (χ0v) is 18.6. The molecule has 3 aliphatic rings. The fourth-order valence-electron chi connectivity index (χ4n) is 5.22. The first-order valence-electron chi connectivity index (χ1n) is 11.5. The summed E-state index contributed by atoms with van der Waals surface area (Å²) in [4.78, 5) is 44.9. The van der Waals surface area contributed by atoms with Gasteiger partial charge in [0, 0.05) is 31.3 Å². The van der Waals surface area contributed by atoms with Crippen molar-refractivity contribution in [2.24, 2.45) is 0 Å². The highest BCUT2D eigenvalue weighted by atomic mass is 19.1. The van der Waals surface area contributed by atoms with Crippen LogP contribution in [0.4, 0.5) is 4.39 Å². The summed E-state index contributed by atoms with van der Waals surface area (Å²) < 4.78 is 15.1. The van der Waals surface area contributed by atoms with E-state index in [1.807, 2.05) is 18.3 Å². The van der Waals surface area contributed by atoms with Crippen LogP contribution in [0.3, 0.4) is 0 Å². The van der Waals surface area contributed by atoms with Gasteiger partial charge in [-0.3, -0.25) is 29.6 Å². The molecule has 0 aliphatic carbocycles. The molecular weight excluding hydrogens is 423 g/mol. The highest BCUT2D eigenvalue weighted by Crippen LogP contribution is 2.35. The number of halogens is 1. The van der Waals surface area contributed by atoms with E-state index in [1.165, 1.54) is 16.5 Å². The summed E-state index contributed by atoms with van der Waals surface area (Å²) in [6, 6.07) is 6.47. The number of piperidine rings is 2. The lowest BCUT2D eigenvalue weighted by Gasteiger charge is -2.32. The molecule has 2 aromatic rings. The smallest absolute Gasteiger partial charge is 0.255 e. The molecule has 0 radical (unpaired) electrons. The lowest BCUT2D eigenvalue weighted by molar-refractivity contribution is -0.136. The molecule has 7 nitrogen and oxygen atoms in total. The summed E-state index contributed by atoms with van der Waals surface area (Å²) in [6.07, 6.45) is 3.99. The minimum atomic E-state index is -0.688. The molecule has 5 rings (SSSR count). The van der Waals surface area contributed by atoms with Gasteiger partial charge in [-0.1, -0.05) is 12.1 Å². The summed E-state index contributed by atoms with van der Waals surface area (Å²) in [7, 11) is 0. The number of likely N-dealkylation sites (tertiary alicyclic amines) is 1. The summed E-state index contributed by atoms with van der Waals surface area (Å²) >= 11 is 0. The topological polar surface area (TPSA) is 82.6 Å². The maximum absolute atomic E-state index is 15.1. The van der Waals surface area contributed by atoms with E-state index < -0.39 is 11.9 Å². The second-order valence-electron chi connectivity index (χ2n) is 9.25. The number of hydrogen-bond acceptors (Lipinski definition) is 5. The van der Waals surface area contributed by atoms with Gasteiger partial charge in [0.2, 0.25) is 11.8 Å². The molecule has 1 N–H and O–H groups in total. The Morgan fingerprint density at radius 3 is 2.67 bits per heavy atom. The van der Waals surface area contributed by atoms with Crippen LogP contribution in [-0.2, 0) is 22.7 Å². The number of hydrogen-bond donors (Lipinski definition) is 1. The Morgan fingerprint density at radius 2 is 1.94 bits per heavy atom. The minimum absolute atomic E-state index is 0.0936. The van der Waals surface area contributed by atoms with Crippen molar-refractivity contribution in [1.82, 2.24) is 20.1 Å².